The van der Waals surface area contributed by atoms with E-state index in [1.807, 2.05) is 60.0 Å². The summed E-state index contributed by atoms with van der Waals surface area (Å²) >= 11 is 4.37. The van der Waals surface area contributed by atoms with Gasteiger partial charge in [0.1, 0.15) is 0 Å². The van der Waals surface area contributed by atoms with E-state index in [0.29, 0.717) is 11.5 Å². The van der Waals surface area contributed by atoms with Crippen molar-refractivity contribution >= 4 is 46.5 Å². The highest BCUT2D eigenvalue weighted by Crippen LogP contribution is 2.29. The van der Waals surface area contributed by atoms with Gasteiger partial charge in [0.05, 0.1) is 29.0 Å². The summed E-state index contributed by atoms with van der Waals surface area (Å²) in [5.41, 5.74) is 2.74. The number of hydrogen-bond donors (Lipinski definition) is 1. The van der Waals surface area contributed by atoms with Gasteiger partial charge in [-0.15, -0.1) is 23.1 Å². The quantitative estimate of drug-likeness (QED) is 0.558. The Hall–Kier alpha value is -2.27. The van der Waals surface area contributed by atoms with Gasteiger partial charge in [0.15, 0.2) is 4.34 Å². The molecule has 2 aromatic carbocycles. The van der Waals surface area contributed by atoms with Crippen LogP contribution in [0.5, 0.6) is 0 Å². The lowest BCUT2D eigenvalue weighted by molar-refractivity contribution is -0.113. The molecule has 1 amide bonds. The van der Waals surface area contributed by atoms with Crippen LogP contribution in [0.3, 0.4) is 0 Å². The first kappa shape index (κ1) is 18.5. The summed E-state index contributed by atoms with van der Waals surface area (Å²) in [7, 11) is 0. The number of hydrogen-bond acceptors (Lipinski definition) is 6. The molecular formula is C19H15N3OS3. The molecular weight excluding hydrogens is 382 g/mol. The Kier molecular flexibility index (Phi) is 6.72. The van der Waals surface area contributed by atoms with Crippen LogP contribution in [0, 0.1) is 11.3 Å². The maximum atomic E-state index is 12.3. The summed E-state index contributed by atoms with van der Waals surface area (Å²) in [5, 5.41) is 13.6. The average Bonchev–Trinajstić information content (AvgIpc) is 3.15. The summed E-state index contributed by atoms with van der Waals surface area (Å²) in [5.74, 6) is 0.554. The fraction of sp³-hybridized carbons (Fsp3) is 0.105. The van der Waals surface area contributed by atoms with Crippen LogP contribution in [0.15, 0.2) is 69.2 Å². The van der Waals surface area contributed by atoms with Gasteiger partial charge in [-0.1, -0.05) is 54.2 Å². The van der Waals surface area contributed by atoms with Crippen molar-refractivity contribution in [3.8, 4) is 17.3 Å². The molecule has 1 N–H and O–H groups in total. The fourth-order valence-corrected chi connectivity index (χ4v) is 4.49. The third-order valence-electron chi connectivity index (χ3n) is 3.33. The first-order valence-corrected chi connectivity index (χ1v) is 10.6. The molecule has 7 heteroatoms. The highest BCUT2D eigenvalue weighted by molar-refractivity contribution is 8.01. The third kappa shape index (κ3) is 5.11. The van der Waals surface area contributed by atoms with E-state index in [9.17, 15) is 4.79 Å². The number of carbonyl (C=O) groups is 1. The molecule has 0 aliphatic heterocycles. The Morgan fingerprint density at radius 2 is 1.88 bits per heavy atom. The molecule has 3 aromatic rings. The number of aromatic nitrogens is 1. The van der Waals surface area contributed by atoms with Crippen LogP contribution in [0.4, 0.5) is 5.69 Å². The Morgan fingerprint density at radius 1 is 1.12 bits per heavy atom. The molecule has 0 saturated heterocycles. The smallest absolute Gasteiger partial charge is 0.234 e. The molecule has 0 aliphatic rings. The second kappa shape index (κ2) is 9.43. The van der Waals surface area contributed by atoms with Crippen LogP contribution in [0.25, 0.3) is 11.3 Å². The first-order chi connectivity index (χ1) is 12.8. The van der Waals surface area contributed by atoms with Crippen LogP contribution < -0.4 is 5.32 Å². The number of para-hydroxylation sites is 1. The minimum absolute atomic E-state index is 0.0866. The zero-order chi connectivity index (χ0) is 18.2. The van der Waals surface area contributed by atoms with E-state index in [-0.39, 0.29) is 5.91 Å². The lowest BCUT2D eigenvalue weighted by Gasteiger charge is -2.09. The number of thioether (sulfide) groups is 2. The van der Waals surface area contributed by atoms with Crippen molar-refractivity contribution in [3.63, 3.8) is 0 Å². The zero-order valence-electron chi connectivity index (χ0n) is 13.7. The molecule has 1 aromatic heterocycles. The second-order valence-corrected chi connectivity index (χ2v) is 8.24. The molecule has 0 atom stereocenters. The minimum atomic E-state index is -0.0866. The van der Waals surface area contributed by atoms with Gasteiger partial charge in [-0.25, -0.2) is 4.98 Å². The number of nitriles is 1. The van der Waals surface area contributed by atoms with Gasteiger partial charge in [0.2, 0.25) is 5.91 Å². The van der Waals surface area contributed by atoms with E-state index in [1.165, 1.54) is 34.9 Å². The standard InChI is InChI=1S/C19H15N3OS3/c20-10-11-24-17-9-5-4-8-15(17)21-18(23)13-26-19-22-16(12-25-19)14-6-2-1-3-7-14/h1-9,12H,11,13H2,(H,21,23). The van der Waals surface area contributed by atoms with Gasteiger partial charge >= 0.3 is 0 Å². The van der Waals surface area contributed by atoms with E-state index in [0.717, 1.165) is 26.2 Å². The molecule has 0 saturated carbocycles. The van der Waals surface area contributed by atoms with Crippen molar-refractivity contribution in [2.45, 2.75) is 9.24 Å². The van der Waals surface area contributed by atoms with Gasteiger partial charge in [-0.05, 0) is 12.1 Å². The Morgan fingerprint density at radius 3 is 2.69 bits per heavy atom. The Bertz CT molecular complexity index is 919. The summed E-state index contributed by atoms with van der Waals surface area (Å²) in [6, 6.07) is 19.6. The predicted octanol–water partition coefficient (Wildman–Crippen LogP) is 5.16. The van der Waals surface area contributed by atoms with Crippen LogP contribution >= 0.6 is 34.9 Å². The summed E-state index contributed by atoms with van der Waals surface area (Å²) in [4.78, 5) is 17.7. The number of rotatable bonds is 7. The van der Waals surface area contributed by atoms with E-state index in [2.05, 4.69) is 16.4 Å². The van der Waals surface area contributed by atoms with Crippen molar-refractivity contribution in [1.82, 2.24) is 4.98 Å². The molecule has 26 heavy (non-hydrogen) atoms. The molecule has 1 heterocycles. The monoisotopic (exact) mass is 397 g/mol. The number of benzene rings is 2. The normalized spacial score (nSPS) is 10.3. The number of thiazole rings is 1. The number of nitrogens with zero attached hydrogens (tertiary/aromatic N) is 2. The summed E-state index contributed by atoms with van der Waals surface area (Å²) in [6.45, 7) is 0. The molecule has 0 spiro atoms. The van der Waals surface area contributed by atoms with Gasteiger partial charge < -0.3 is 5.32 Å². The van der Waals surface area contributed by atoms with Gasteiger partial charge in [-0.2, -0.15) is 5.26 Å². The Labute approximate surface area is 164 Å². The molecule has 0 aliphatic carbocycles. The number of anilines is 1. The lowest BCUT2D eigenvalue weighted by atomic mass is 10.2. The van der Waals surface area contributed by atoms with Crippen molar-refractivity contribution in [1.29, 1.82) is 5.26 Å². The second-order valence-electron chi connectivity index (χ2n) is 5.14. The molecule has 3 rings (SSSR count). The zero-order valence-corrected chi connectivity index (χ0v) is 16.2. The highest BCUT2D eigenvalue weighted by atomic mass is 32.2. The van der Waals surface area contributed by atoms with E-state index in [1.54, 1.807) is 0 Å². The van der Waals surface area contributed by atoms with Crippen LogP contribution in [0.1, 0.15) is 0 Å². The van der Waals surface area contributed by atoms with Crippen LogP contribution in [-0.4, -0.2) is 22.4 Å². The van der Waals surface area contributed by atoms with Gasteiger partial charge in [0.25, 0.3) is 0 Å². The molecule has 0 unspecified atom stereocenters. The Balaban J connectivity index is 1.57. The van der Waals surface area contributed by atoms with Crippen LogP contribution in [-0.2, 0) is 4.79 Å². The van der Waals surface area contributed by atoms with Crippen molar-refractivity contribution in [3.05, 3.63) is 60.0 Å². The maximum absolute atomic E-state index is 12.3. The summed E-state index contributed by atoms with van der Waals surface area (Å²) < 4.78 is 0.867. The van der Waals surface area contributed by atoms with Gasteiger partial charge in [-0.3, -0.25) is 4.79 Å². The number of amides is 1. The van der Waals surface area contributed by atoms with E-state index >= 15 is 0 Å². The fourth-order valence-electron chi connectivity index (χ4n) is 2.18. The van der Waals surface area contributed by atoms with Crippen LogP contribution in [0.2, 0.25) is 0 Å². The SMILES string of the molecule is N#CCSc1ccccc1NC(=O)CSc1nc(-c2ccccc2)cs1. The molecule has 4 nitrogen and oxygen atoms in total. The van der Waals surface area contributed by atoms with Gasteiger partial charge in [0, 0.05) is 15.8 Å². The molecule has 0 fully saturated rings. The third-order valence-corrected chi connectivity index (χ3v) is 6.29. The molecule has 0 bridgehead atoms. The van der Waals surface area contributed by atoms with Crippen molar-refractivity contribution in [2.75, 3.05) is 16.8 Å². The maximum Gasteiger partial charge on any atom is 0.234 e. The molecule has 0 radical (unpaired) electrons. The molecule has 130 valence electrons. The lowest BCUT2D eigenvalue weighted by Crippen LogP contribution is -2.14. The minimum Gasteiger partial charge on any atom is -0.324 e. The van der Waals surface area contributed by atoms with Crippen molar-refractivity contribution in [2.24, 2.45) is 0 Å². The average molecular weight is 398 g/mol. The summed E-state index contributed by atoms with van der Waals surface area (Å²) in [6.07, 6.45) is 0. The van der Waals surface area contributed by atoms with Crippen molar-refractivity contribution < 1.29 is 4.79 Å². The first-order valence-electron chi connectivity index (χ1n) is 7.78. The predicted molar refractivity (Wildman–Crippen MR) is 110 cm³/mol. The number of carbonyl (C=O) groups excluding carboxylic acids is 1. The highest BCUT2D eigenvalue weighted by Gasteiger charge is 2.10. The number of nitrogens with one attached hydrogen (secondary N) is 1. The topological polar surface area (TPSA) is 65.8 Å². The van der Waals surface area contributed by atoms with E-state index in [4.69, 9.17) is 5.26 Å². The van der Waals surface area contributed by atoms with E-state index < -0.39 is 0 Å². The largest absolute Gasteiger partial charge is 0.324 e.